The highest BCUT2D eigenvalue weighted by atomic mass is 32.2. The molecule has 140 valence electrons. The Morgan fingerprint density at radius 1 is 1.31 bits per heavy atom. The Morgan fingerprint density at radius 3 is 2.73 bits per heavy atom. The summed E-state index contributed by atoms with van der Waals surface area (Å²) in [6.45, 7) is 3.10. The second-order valence-electron chi connectivity index (χ2n) is 6.59. The first-order valence-corrected chi connectivity index (χ1v) is 10.4. The molecule has 1 fully saturated rings. The number of aromatic nitrogens is 1. The second kappa shape index (κ2) is 7.90. The average molecular weight is 376 g/mol. The summed E-state index contributed by atoms with van der Waals surface area (Å²) in [4.78, 5) is 8.64. The number of nitrogens with zero attached hydrogens (tertiary/aromatic N) is 2. The number of aryl methyl sites for hydroxylation is 1. The van der Waals surface area contributed by atoms with Gasteiger partial charge in [-0.1, -0.05) is 17.7 Å². The number of guanidine groups is 1. The van der Waals surface area contributed by atoms with Crippen LogP contribution in [0.3, 0.4) is 0 Å². The minimum Gasteiger partial charge on any atom is -0.444 e. The maximum atomic E-state index is 11.5. The summed E-state index contributed by atoms with van der Waals surface area (Å²) in [6.07, 6.45) is 2.33. The molecule has 1 aliphatic heterocycles. The SMILES string of the molecule is CN=C(NCc1coc(-c2ccc(C)cc2)n1)NCC1CCS(=O)(=O)C1. The van der Waals surface area contributed by atoms with Gasteiger partial charge in [-0.25, -0.2) is 13.4 Å². The summed E-state index contributed by atoms with van der Waals surface area (Å²) in [6, 6.07) is 8.00. The molecular weight excluding hydrogens is 352 g/mol. The lowest BCUT2D eigenvalue weighted by atomic mass is 10.1. The highest BCUT2D eigenvalue weighted by molar-refractivity contribution is 7.91. The molecule has 0 radical (unpaired) electrons. The molecule has 3 rings (SSSR count). The van der Waals surface area contributed by atoms with E-state index in [1.165, 1.54) is 5.56 Å². The molecule has 0 aliphatic carbocycles. The van der Waals surface area contributed by atoms with Crippen molar-refractivity contribution in [1.82, 2.24) is 15.6 Å². The molecule has 0 bridgehead atoms. The van der Waals surface area contributed by atoms with E-state index in [1.807, 2.05) is 31.2 Å². The molecule has 1 unspecified atom stereocenters. The van der Waals surface area contributed by atoms with Crippen molar-refractivity contribution in [2.24, 2.45) is 10.9 Å². The molecular formula is C18H24N4O3S. The number of sulfone groups is 1. The third kappa shape index (κ3) is 4.85. The van der Waals surface area contributed by atoms with Crippen molar-refractivity contribution in [3.05, 3.63) is 41.8 Å². The van der Waals surface area contributed by atoms with Crippen molar-refractivity contribution in [2.45, 2.75) is 19.9 Å². The molecule has 7 nitrogen and oxygen atoms in total. The van der Waals surface area contributed by atoms with Gasteiger partial charge in [-0.15, -0.1) is 0 Å². The molecule has 2 N–H and O–H groups in total. The summed E-state index contributed by atoms with van der Waals surface area (Å²) in [7, 11) is -1.17. The molecule has 0 amide bonds. The van der Waals surface area contributed by atoms with Gasteiger partial charge in [0.15, 0.2) is 15.8 Å². The Morgan fingerprint density at radius 2 is 2.08 bits per heavy atom. The molecule has 0 spiro atoms. The van der Waals surface area contributed by atoms with E-state index in [2.05, 4.69) is 20.6 Å². The van der Waals surface area contributed by atoms with Crippen LogP contribution < -0.4 is 10.6 Å². The van der Waals surface area contributed by atoms with E-state index in [0.29, 0.717) is 31.4 Å². The van der Waals surface area contributed by atoms with Crippen molar-refractivity contribution >= 4 is 15.8 Å². The van der Waals surface area contributed by atoms with Crippen LogP contribution in [-0.4, -0.2) is 44.5 Å². The Balaban J connectivity index is 1.50. The van der Waals surface area contributed by atoms with E-state index in [4.69, 9.17) is 4.42 Å². The molecule has 8 heteroatoms. The molecule has 26 heavy (non-hydrogen) atoms. The second-order valence-corrected chi connectivity index (χ2v) is 8.81. The van der Waals surface area contributed by atoms with E-state index >= 15 is 0 Å². The van der Waals surface area contributed by atoms with Crippen LogP contribution in [-0.2, 0) is 16.4 Å². The largest absolute Gasteiger partial charge is 0.444 e. The fourth-order valence-electron chi connectivity index (χ4n) is 2.89. The topological polar surface area (TPSA) is 96.6 Å². The van der Waals surface area contributed by atoms with Gasteiger partial charge in [-0.3, -0.25) is 4.99 Å². The van der Waals surface area contributed by atoms with Crippen LogP contribution in [0.15, 0.2) is 39.9 Å². The molecule has 1 aromatic carbocycles. The molecule has 1 aliphatic rings. The van der Waals surface area contributed by atoms with Crippen LogP contribution in [0.25, 0.3) is 11.5 Å². The highest BCUT2D eigenvalue weighted by Gasteiger charge is 2.27. The number of hydrogen-bond acceptors (Lipinski definition) is 5. The van der Waals surface area contributed by atoms with E-state index in [-0.39, 0.29) is 17.4 Å². The normalized spacial score (nSPS) is 19.5. The monoisotopic (exact) mass is 376 g/mol. The third-order valence-electron chi connectivity index (χ3n) is 4.40. The number of aliphatic imine (C=N–C) groups is 1. The Labute approximate surface area is 153 Å². The Kier molecular flexibility index (Phi) is 5.61. The van der Waals surface area contributed by atoms with Crippen LogP contribution in [0.1, 0.15) is 17.7 Å². The van der Waals surface area contributed by atoms with Gasteiger partial charge < -0.3 is 15.1 Å². The number of nitrogens with one attached hydrogen (secondary N) is 2. The fraction of sp³-hybridized carbons (Fsp3) is 0.444. The van der Waals surface area contributed by atoms with Gasteiger partial charge in [0.1, 0.15) is 6.26 Å². The summed E-state index contributed by atoms with van der Waals surface area (Å²) in [5.74, 6) is 1.88. The quantitative estimate of drug-likeness (QED) is 0.610. The maximum absolute atomic E-state index is 11.5. The minimum absolute atomic E-state index is 0.138. The zero-order valence-corrected chi connectivity index (χ0v) is 15.8. The predicted octanol–water partition coefficient (Wildman–Crippen LogP) is 1.75. The Bertz CT molecular complexity index is 872. The van der Waals surface area contributed by atoms with Crippen LogP contribution >= 0.6 is 0 Å². The van der Waals surface area contributed by atoms with Gasteiger partial charge >= 0.3 is 0 Å². The van der Waals surface area contributed by atoms with Crippen molar-refractivity contribution in [1.29, 1.82) is 0 Å². The number of benzene rings is 1. The first-order chi connectivity index (χ1) is 12.4. The van der Waals surface area contributed by atoms with Crippen molar-refractivity contribution in [3.63, 3.8) is 0 Å². The zero-order valence-electron chi connectivity index (χ0n) is 15.0. The molecule has 2 heterocycles. The van der Waals surface area contributed by atoms with Crippen LogP contribution in [0.4, 0.5) is 0 Å². The standard InChI is InChI=1S/C18H24N4O3S/c1-13-3-5-15(6-4-13)17-22-16(11-25-17)10-21-18(19-2)20-9-14-7-8-26(23,24)12-14/h3-6,11,14H,7-10,12H2,1-2H3,(H2,19,20,21). The van der Waals surface area contributed by atoms with Crippen molar-refractivity contribution in [2.75, 3.05) is 25.1 Å². The van der Waals surface area contributed by atoms with Crippen molar-refractivity contribution in [3.8, 4) is 11.5 Å². The van der Waals surface area contributed by atoms with E-state index in [0.717, 1.165) is 11.3 Å². The summed E-state index contributed by atoms with van der Waals surface area (Å²) < 4.78 is 28.6. The van der Waals surface area contributed by atoms with E-state index in [9.17, 15) is 8.42 Å². The minimum atomic E-state index is -2.85. The van der Waals surface area contributed by atoms with E-state index < -0.39 is 9.84 Å². The summed E-state index contributed by atoms with van der Waals surface area (Å²) in [5.41, 5.74) is 2.89. The molecule has 1 aromatic heterocycles. The first-order valence-electron chi connectivity index (χ1n) is 8.61. The molecule has 1 atom stereocenters. The molecule has 0 saturated carbocycles. The molecule has 2 aromatic rings. The van der Waals surface area contributed by atoms with Gasteiger partial charge in [0.25, 0.3) is 0 Å². The zero-order chi connectivity index (χ0) is 18.6. The smallest absolute Gasteiger partial charge is 0.226 e. The van der Waals surface area contributed by atoms with Gasteiger partial charge in [0, 0.05) is 19.2 Å². The van der Waals surface area contributed by atoms with Gasteiger partial charge in [-0.05, 0) is 31.4 Å². The number of hydrogen-bond donors (Lipinski definition) is 2. The predicted molar refractivity (Wildman–Crippen MR) is 102 cm³/mol. The average Bonchev–Trinajstić information content (AvgIpc) is 3.22. The van der Waals surface area contributed by atoms with Crippen LogP contribution in [0, 0.1) is 12.8 Å². The number of oxazole rings is 1. The number of rotatable bonds is 5. The Hall–Kier alpha value is -2.35. The lowest BCUT2D eigenvalue weighted by molar-refractivity contribution is 0.565. The molecule has 1 saturated heterocycles. The van der Waals surface area contributed by atoms with Crippen LogP contribution in [0.2, 0.25) is 0 Å². The maximum Gasteiger partial charge on any atom is 0.226 e. The lowest BCUT2D eigenvalue weighted by Gasteiger charge is -2.13. The van der Waals surface area contributed by atoms with Crippen LogP contribution in [0.5, 0.6) is 0 Å². The van der Waals surface area contributed by atoms with Gasteiger partial charge in [0.05, 0.1) is 23.7 Å². The third-order valence-corrected chi connectivity index (χ3v) is 6.23. The lowest BCUT2D eigenvalue weighted by Crippen LogP contribution is -2.39. The highest BCUT2D eigenvalue weighted by Crippen LogP contribution is 2.19. The van der Waals surface area contributed by atoms with E-state index in [1.54, 1.807) is 13.3 Å². The van der Waals surface area contributed by atoms with Crippen molar-refractivity contribution < 1.29 is 12.8 Å². The summed E-state index contributed by atoms with van der Waals surface area (Å²) in [5, 5.41) is 6.35. The van der Waals surface area contributed by atoms with Gasteiger partial charge in [-0.2, -0.15) is 0 Å². The first kappa shape index (κ1) is 18.4. The van der Waals surface area contributed by atoms with Gasteiger partial charge in [0.2, 0.25) is 5.89 Å². The fourth-order valence-corrected chi connectivity index (χ4v) is 4.75. The summed E-state index contributed by atoms with van der Waals surface area (Å²) >= 11 is 0.